The third-order valence-electron chi connectivity index (χ3n) is 4.28. The van der Waals surface area contributed by atoms with Crippen LogP contribution in [0.5, 0.6) is 0 Å². The van der Waals surface area contributed by atoms with Crippen LogP contribution >= 0.6 is 0 Å². The minimum absolute atomic E-state index is 0.0365. The van der Waals surface area contributed by atoms with Crippen LogP contribution in [0.25, 0.3) is 10.8 Å². The molecule has 0 saturated heterocycles. The molecule has 1 aromatic carbocycles. The highest BCUT2D eigenvalue weighted by molar-refractivity contribution is 6.04. The van der Waals surface area contributed by atoms with Gasteiger partial charge in [0, 0.05) is 24.3 Å². The molecule has 1 aliphatic rings. The summed E-state index contributed by atoms with van der Waals surface area (Å²) >= 11 is 0. The second-order valence-corrected chi connectivity index (χ2v) is 5.85. The largest absolute Gasteiger partial charge is 0.329 e. The number of nitrogens with one attached hydrogen (secondary N) is 1. The van der Waals surface area contributed by atoms with Crippen LogP contribution in [0, 0.1) is 11.3 Å². The number of rotatable bonds is 3. The fourth-order valence-electron chi connectivity index (χ4n) is 3.20. The topological polar surface area (TPSA) is 68.0 Å². The van der Waals surface area contributed by atoms with E-state index in [0.29, 0.717) is 12.5 Å². The molecular formula is C16H19N3O. The first-order valence-electron chi connectivity index (χ1n) is 6.99. The Hall–Kier alpha value is -1.94. The van der Waals surface area contributed by atoms with Crippen LogP contribution in [-0.2, 0) is 4.79 Å². The minimum Gasteiger partial charge on any atom is -0.329 e. The number of aromatic nitrogens is 1. The second-order valence-electron chi connectivity index (χ2n) is 5.85. The van der Waals surface area contributed by atoms with Crippen molar-refractivity contribution in [2.24, 2.45) is 17.1 Å². The Kier molecular flexibility index (Phi) is 3.18. The molecule has 3 N–H and O–H groups in total. The molecule has 1 heterocycles. The van der Waals surface area contributed by atoms with Crippen molar-refractivity contribution in [3.63, 3.8) is 0 Å². The lowest BCUT2D eigenvalue weighted by Crippen LogP contribution is -2.51. The van der Waals surface area contributed by atoms with E-state index >= 15 is 0 Å². The zero-order chi connectivity index (χ0) is 14.2. The van der Waals surface area contributed by atoms with Gasteiger partial charge in [-0.15, -0.1) is 0 Å². The number of nitrogens with zero attached hydrogens (tertiary/aromatic N) is 1. The first kappa shape index (κ1) is 13.1. The number of anilines is 1. The van der Waals surface area contributed by atoms with Crippen molar-refractivity contribution in [3.05, 3.63) is 36.7 Å². The third kappa shape index (κ3) is 2.06. The summed E-state index contributed by atoms with van der Waals surface area (Å²) in [6.07, 6.45) is 5.28. The van der Waals surface area contributed by atoms with E-state index < -0.39 is 0 Å². The van der Waals surface area contributed by atoms with Gasteiger partial charge in [-0.2, -0.15) is 0 Å². The second kappa shape index (κ2) is 4.87. The normalized spacial score (nSPS) is 25.2. The van der Waals surface area contributed by atoms with Crippen LogP contribution in [0.2, 0.25) is 0 Å². The Morgan fingerprint density at radius 2 is 2.25 bits per heavy atom. The van der Waals surface area contributed by atoms with E-state index in [4.69, 9.17) is 5.73 Å². The molecule has 1 amide bonds. The molecule has 104 valence electrons. The van der Waals surface area contributed by atoms with E-state index in [9.17, 15) is 4.79 Å². The van der Waals surface area contributed by atoms with Crippen LogP contribution < -0.4 is 11.1 Å². The lowest BCUT2D eigenvalue weighted by molar-refractivity contribution is -0.132. The van der Waals surface area contributed by atoms with Crippen molar-refractivity contribution in [2.45, 2.75) is 19.8 Å². The Labute approximate surface area is 118 Å². The summed E-state index contributed by atoms with van der Waals surface area (Å²) in [6, 6.07) is 7.80. The molecule has 0 bridgehead atoms. The summed E-state index contributed by atoms with van der Waals surface area (Å²) in [4.78, 5) is 16.7. The zero-order valence-electron chi connectivity index (χ0n) is 11.6. The number of fused-ring (bicyclic) bond motifs is 1. The van der Waals surface area contributed by atoms with Crippen molar-refractivity contribution in [3.8, 4) is 0 Å². The van der Waals surface area contributed by atoms with Gasteiger partial charge in [0.15, 0.2) is 0 Å². The number of hydrogen-bond acceptors (Lipinski definition) is 3. The lowest BCUT2D eigenvalue weighted by atomic mass is 9.62. The molecule has 4 nitrogen and oxygen atoms in total. The Morgan fingerprint density at radius 1 is 1.45 bits per heavy atom. The number of benzene rings is 1. The molecular weight excluding hydrogens is 250 g/mol. The Morgan fingerprint density at radius 3 is 2.95 bits per heavy atom. The predicted molar refractivity (Wildman–Crippen MR) is 80.3 cm³/mol. The molecule has 20 heavy (non-hydrogen) atoms. The molecule has 1 fully saturated rings. The number of nitrogens with two attached hydrogens (primary N) is 1. The van der Waals surface area contributed by atoms with E-state index in [0.717, 1.165) is 29.3 Å². The first-order valence-corrected chi connectivity index (χ1v) is 6.99. The maximum Gasteiger partial charge on any atom is 0.231 e. The molecule has 0 radical (unpaired) electrons. The molecule has 1 aliphatic carbocycles. The quantitative estimate of drug-likeness (QED) is 0.899. The average Bonchev–Trinajstić information content (AvgIpc) is 2.44. The van der Waals surface area contributed by atoms with Crippen LogP contribution in [0.4, 0.5) is 5.69 Å². The number of carbonyl (C=O) groups is 1. The van der Waals surface area contributed by atoms with Crippen molar-refractivity contribution in [1.82, 2.24) is 4.98 Å². The van der Waals surface area contributed by atoms with Crippen LogP contribution in [-0.4, -0.2) is 17.4 Å². The fourth-order valence-corrected chi connectivity index (χ4v) is 3.20. The smallest absolute Gasteiger partial charge is 0.231 e. The predicted octanol–water partition coefficient (Wildman–Crippen LogP) is 2.55. The Balaban J connectivity index is 1.88. The van der Waals surface area contributed by atoms with Gasteiger partial charge in [0.2, 0.25) is 5.91 Å². The number of hydrogen-bond donors (Lipinski definition) is 2. The maximum absolute atomic E-state index is 12.5. The fraction of sp³-hybridized carbons (Fsp3) is 0.375. The van der Waals surface area contributed by atoms with E-state index in [1.54, 1.807) is 12.4 Å². The molecule has 0 unspecified atom stereocenters. The minimum atomic E-state index is -0.385. The highest BCUT2D eigenvalue weighted by Crippen LogP contribution is 2.45. The van der Waals surface area contributed by atoms with E-state index in [1.165, 1.54) is 0 Å². The van der Waals surface area contributed by atoms with Crippen molar-refractivity contribution in [2.75, 3.05) is 11.9 Å². The van der Waals surface area contributed by atoms with Gasteiger partial charge in [0.05, 0.1) is 11.1 Å². The number of amides is 1. The highest BCUT2D eigenvalue weighted by Gasteiger charge is 2.47. The van der Waals surface area contributed by atoms with Gasteiger partial charge in [0.1, 0.15) is 0 Å². The molecule has 1 saturated carbocycles. The summed E-state index contributed by atoms with van der Waals surface area (Å²) in [5.74, 6) is 0.618. The van der Waals surface area contributed by atoms with Gasteiger partial charge in [-0.3, -0.25) is 9.78 Å². The van der Waals surface area contributed by atoms with Gasteiger partial charge < -0.3 is 11.1 Å². The van der Waals surface area contributed by atoms with Crippen molar-refractivity contribution < 1.29 is 4.79 Å². The molecule has 0 atom stereocenters. The summed E-state index contributed by atoms with van der Waals surface area (Å²) in [6.45, 7) is 2.56. The maximum atomic E-state index is 12.5. The van der Waals surface area contributed by atoms with Crippen molar-refractivity contribution in [1.29, 1.82) is 0 Å². The SMILES string of the molecule is CC1CC(CN)(C(=O)Nc2cccc3ccncc23)C1. The summed E-state index contributed by atoms with van der Waals surface area (Å²) in [5, 5.41) is 5.07. The third-order valence-corrected chi connectivity index (χ3v) is 4.28. The first-order chi connectivity index (χ1) is 9.64. The van der Waals surface area contributed by atoms with Crippen LogP contribution in [0.15, 0.2) is 36.7 Å². The van der Waals surface area contributed by atoms with Gasteiger partial charge in [0.25, 0.3) is 0 Å². The lowest BCUT2D eigenvalue weighted by Gasteiger charge is -2.44. The van der Waals surface area contributed by atoms with Crippen LogP contribution in [0.3, 0.4) is 0 Å². The summed E-state index contributed by atoms with van der Waals surface area (Å²) in [5.41, 5.74) is 6.25. The molecule has 0 aliphatic heterocycles. The molecule has 0 spiro atoms. The molecule has 4 heteroatoms. The van der Waals surface area contributed by atoms with Gasteiger partial charge in [-0.1, -0.05) is 19.1 Å². The zero-order valence-corrected chi connectivity index (χ0v) is 11.6. The Bertz CT molecular complexity index is 642. The molecule has 2 aromatic rings. The van der Waals surface area contributed by atoms with E-state index in [1.807, 2.05) is 24.3 Å². The highest BCUT2D eigenvalue weighted by atomic mass is 16.2. The summed E-state index contributed by atoms with van der Waals surface area (Å²) in [7, 11) is 0. The van der Waals surface area contributed by atoms with Gasteiger partial charge in [-0.25, -0.2) is 0 Å². The van der Waals surface area contributed by atoms with Gasteiger partial charge >= 0.3 is 0 Å². The molecule has 3 rings (SSSR count). The van der Waals surface area contributed by atoms with Crippen LogP contribution in [0.1, 0.15) is 19.8 Å². The monoisotopic (exact) mass is 269 g/mol. The van der Waals surface area contributed by atoms with E-state index in [-0.39, 0.29) is 11.3 Å². The summed E-state index contributed by atoms with van der Waals surface area (Å²) < 4.78 is 0. The number of pyridine rings is 1. The number of carbonyl (C=O) groups excluding carboxylic acids is 1. The van der Waals surface area contributed by atoms with Gasteiger partial charge in [-0.05, 0) is 36.3 Å². The van der Waals surface area contributed by atoms with Crippen molar-refractivity contribution >= 4 is 22.4 Å². The molecule has 1 aromatic heterocycles. The average molecular weight is 269 g/mol. The van der Waals surface area contributed by atoms with E-state index in [2.05, 4.69) is 17.2 Å². The standard InChI is InChI=1S/C16H19N3O/c1-11-7-16(8-11,10-17)15(20)19-14-4-2-3-12-5-6-18-9-13(12)14/h2-6,9,11H,7-8,10,17H2,1H3,(H,19,20).